The van der Waals surface area contributed by atoms with Crippen LogP contribution in [0.4, 0.5) is 0 Å². The third-order valence-corrected chi connectivity index (χ3v) is 5.77. The molecule has 0 bridgehead atoms. The molecule has 0 aromatic carbocycles. The average Bonchev–Trinajstić information content (AvgIpc) is 2.94. The van der Waals surface area contributed by atoms with Crippen LogP contribution >= 0.6 is 11.3 Å². The lowest BCUT2D eigenvalue weighted by Crippen LogP contribution is -2.36. The van der Waals surface area contributed by atoms with Crippen molar-refractivity contribution in [1.82, 2.24) is 10.0 Å². The predicted octanol–water partition coefficient (Wildman–Crippen LogP) is 0.00992. The summed E-state index contributed by atoms with van der Waals surface area (Å²) in [5.74, 6) is -0.892. The summed E-state index contributed by atoms with van der Waals surface area (Å²) in [5, 5.41) is 4.13. The van der Waals surface area contributed by atoms with Crippen molar-refractivity contribution in [3.63, 3.8) is 0 Å². The smallest absolute Gasteiger partial charge is 0.349 e. The average molecular weight is 318 g/mol. The van der Waals surface area contributed by atoms with E-state index in [2.05, 4.69) is 14.8 Å². The SMILES string of the molecule is COC(=O)c1scc(C)c1S(=O)(=O)NC1CNC(=O)C1. The Morgan fingerprint density at radius 1 is 1.55 bits per heavy atom. The Labute approximate surface area is 120 Å². The number of nitrogens with one attached hydrogen (secondary N) is 2. The highest BCUT2D eigenvalue weighted by atomic mass is 32.2. The van der Waals surface area contributed by atoms with Gasteiger partial charge in [0.15, 0.2) is 0 Å². The molecule has 1 amide bonds. The molecule has 2 N–H and O–H groups in total. The van der Waals surface area contributed by atoms with Gasteiger partial charge in [-0.2, -0.15) is 0 Å². The van der Waals surface area contributed by atoms with Gasteiger partial charge in [0.1, 0.15) is 9.77 Å². The molecule has 0 radical (unpaired) electrons. The molecule has 0 aliphatic carbocycles. The van der Waals surface area contributed by atoms with Crippen molar-refractivity contribution >= 4 is 33.2 Å². The Morgan fingerprint density at radius 2 is 2.25 bits per heavy atom. The molecule has 0 spiro atoms. The maximum absolute atomic E-state index is 12.4. The van der Waals surface area contributed by atoms with Crippen LogP contribution in [0.5, 0.6) is 0 Å². The van der Waals surface area contributed by atoms with Crippen LogP contribution in [0.25, 0.3) is 0 Å². The van der Waals surface area contributed by atoms with Gasteiger partial charge < -0.3 is 10.1 Å². The summed E-state index contributed by atoms with van der Waals surface area (Å²) in [6.45, 7) is 1.85. The summed E-state index contributed by atoms with van der Waals surface area (Å²) in [5.41, 5.74) is 0.472. The van der Waals surface area contributed by atoms with Gasteiger partial charge in [0, 0.05) is 19.0 Å². The summed E-state index contributed by atoms with van der Waals surface area (Å²) in [6.07, 6.45) is 0.0932. The largest absolute Gasteiger partial charge is 0.465 e. The number of rotatable bonds is 4. The molecule has 110 valence electrons. The summed E-state index contributed by atoms with van der Waals surface area (Å²) in [6, 6.07) is -0.503. The van der Waals surface area contributed by atoms with Crippen molar-refractivity contribution in [2.75, 3.05) is 13.7 Å². The van der Waals surface area contributed by atoms with Gasteiger partial charge in [-0.3, -0.25) is 4.79 Å². The molecule has 1 aromatic heterocycles. The fourth-order valence-electron chi connectivity index (χ4n) is 1.97. The van der Waals surface area contributed by atoms with Crippen LogP contribution in [0, 0.1) is 6.92 Å². The molecule has 20 heavy (non-hydrogen) atoms. The number of carbonyl (C=O) groups excluding carboxylic acids is 2. The number of methoxy groups -OCH3 is 1. The second kappa shape index (κ2) is 5.51. The molecule has 1 unspecified atom stereocenters. The maximum Gasteiger partial charge on any atom is 0.349 e. The lowest BCUT2D eigenvalue weighted by atomic mass is 10.3. The fourth-order valence-corrected chi connectivity index (χ4v) is 4.91. The minimum atomic E-state index is -3.87. The van der Waals surface area contributed by atoms with E-state index in [4.69, 9.17) is 0 Å². The molecule has 9 heteroatoms. The van der Waals surface area contributed by atoms with Crippen LogP contribution in [-0.2, 0) is 19.6 Å². The van der Waals surface area contributed by atoms with Gasteiger partial charge in [-0.25, -0.2) is 17.9 Å². The Morgan fingerprint density at radius 3 is 2.80 bits per heavy atom. The first-order valence-electron chi connectivity index (χ1n) is 5.80. The highest BCUT2D eigenvalue weighted by Crippen LogP contribution is 2.27. The van der Waals surface area contributed by atoms with Gasteiger partial charge in [-0.05, 0) is 17.9 Å². The molecule has 1 aliphatic heterocycles. The Bertz CT molecular complexity index is 650. The second-order valence-electron chi connectivity index (χ2n) is 4.39. The number of aryl methyl sites for hydroxylation is 1. The number of sulfonamides is 1. The van der Waals surface area contributed by atoms with E-state index in [-0.39, 0.29) is 28.6 Å². The minimum Gasteiger partial charge on any atom is -0.465 e. The molecule has 1 aliphatic rings. The Hall–Kier alpha value is -1.45. The molecule has 7 nitrogen and oxygen atoms in total. The number of amides is 1. The number of ether oxygens (including phenoxy) is 1. The first-order chi connectivity index (χ1) is 9.35. The van der Waals surface area contributed by atoms with E-state index in [0.29, 0.717) is 5.56 Å². The van der Waals surface area contributed by atoms with Crippen molar-refractivity contribution in [2.45, 2.75) is 24.3 Å². The molecule has 1 atom stereocenters. The molecule has 2 rings (SSSR count). The molecule has 1 aromatic rings. The van der Waals surface area contributed by atoms with Crippen molar-refractivity contribution in [3.05, 3.63) is 15.8 Å². The minimum absolute atomic E-state index is 0.0368. The van der Waals surface area contributed by atoms with E-state index in [9.17, 15) is 18.0 Å². The van der Waals surface area contributed by atoms with Crippen LogP contribution < -0.4 is 10.0 Å². The molecule has 2 heterocycles. The molecule has 0 saturated carbocycles. The second-order valence-corrected chi connectivity index (χ2v) is 6.93. The van der Waals surface area contributed by atoms with Crippen molar-refractivity contribution in [2.24, 2.45) is 0 Å². The van der Waals surface area contributed by atoms with E-state index in [1.54, 1.807) is 12.3 Å². The third kappa shape index (κ3) is 2.84. The van der Waals surface area contributed by atoms with Gasteiger partial charge >= 0.3 is 5.97 Å². The first kappa shape index (κ1) is 14.9. The van der Waals surface area contributed by atoms with E-state index in [0.717, 1.165) is 11.3 Å². The summed E-state index contributed by atoms with van der Waals surface area (Å²) < 4.78 is 31.8. The first-order valence-corrected chi connectivity index (χ1v) is 8.17. The van der Waals surface area contributed by atoms with Crippen LogP contribution in [-0.4, -0.2) is 40.0 Å². The van der Waals surface area contributed by atoms with Crippen LogP contribution in [0.15, 0.2) is 10.3 Å². The lowest BCUT2D eigenvalue weighted by Gasteiger charge is -2.12. The quantitative estimate of drug-likeness (QED) is 0.762. The lowest BCUT2D eigenvalue weighted by molar-refractivity contribution is -0.119. The van der Waals surface area contributed by atoms with E-state index >= 15 is 0 Å². The number of thiophene rings is 1. The van der Waals surface area contributed by atoms with Crippen LogP contribution in [0.1, 0.15) is 21.7 Å². The zero-order valence-electron chi connectivity index (χ0n) is 10.9. The Balaban J connectivity index is 2.32. The fraction of sp³-hybridized carbons (Fsp3) is 0.455. The molecular weight excluding hydrogens is 304 g/mol. The molecule has 1 saturated heterocycles. The summed E-state index contributed by atoms with van der Waals surface area (Å²) in [4.78, 5) is 22.7. The summed E-state index contributed by atoms with van der Waals surface area (Å²) >= 11 is 1.02. The normalized spacial score (nSPS) is 18.9. The number of hydrogen-bond donors (Lipinski definition) is 2. The maximum atomic E-state index is 12.4. The van der Waals surface area contributed by atoms with Gasteiger partial charge in [0.05, 0.1) is 7.11 Å². The van der Waals surface area contributed by atoms with Gasteiger partial charge in [-0.1, -0.05) is 0 Å². The van der Waals surface area contributed by atoms with Gasteiger partial charge in [0.2, 0.25) is 15.9 Å². The third-order valence-electron chi connectivity index (χ3n) is 2.86. The standard InChI is InChI=1S/C11H14N2O5S2/c1-6-5-19-9(11(15)18-2)10(6)20(16,17)13-7-3-8(14)12-4-7/h5,7,13H,3-4H2,1-2H3,(H,12,14). The van der Waals surface area contributed by atoms with E-state index in [1.165, 1.54) is 7.11 Å². The topological polar surface area (TPSA) is 102 Å². The summed E-state index contributed by atoms with van der Waals surface area (Å²) in [7, 11) is -2.68. The number of hydrogen-bond acceptors (Lipinski definition) is 6. The van der Waals surface area contributed by atoms with Crippen LogP contribution in [0.2, 0.25) is 0 Å². The van der Waals surface area contributed by atoms with E-state index < -0.39 is 22.0 Å². The Kier molecular flexibility index (Phi) is 4.11. The molecule has 1 fully saturated rings. The van der Waals surface area contributed by atoms with Crippen LogP contribution in [0.3, 0.4) is 0 Å². The van der Waals surface area contributed by atoms with Crippen molar-refractivity contribution in [1.29, 1.82) is 0 Å². The monoisotopic (exact) mass is 318 g/mol. The highest BCUT2D eigenvalue weighted by Gasteiger charge is 2.32. The zero-order valence-corrected chi connectivity index (χ0v) is 12.6. The van der Waals surface area contributed by atoms with Gasteiger partial charge in [0.25, 0.3) is 0 Å². The van der Waals surface area contributed by atoms with E-state index in [1.807, 2.05) is 0 Å². The number of carbonyl (C=O) groups is 2. The molecular formula is C11H14N2O5S2. The predicted molar refractivity (Wildman–Crippen MR) is 72.1 cm³/mol. The van der Waals surface area contributed by atoms with Crippen molar-refractivity contribution < 1.29 is 22.7 Å². The van der Waals surface area contributed by atoms with Crippen molar-refractivity contribution in [3.8, 4) is 0 Å². The number of esters is 1. The van der Waals surface area contributed by atoms with Gasteiger partial charge in [-0.15, -0.1) is 11.3 Å². The zero-order chi connectivity index (χ0) is 14.9. The highest BCUT2D eigenvalue weighted by molar-refractivity contribution is 7.89.